The minimum Gasteiger partial charge on any atom is -0.296 e. The normalized spacial score (nSPS) is 12.6. The second-order valence-corrected chi connectivity index (χ2v) is 9.71. The molecule has 7 nitrogen and oxygen atoms in total. The zero-order valence-corrected chi connectivity index (χ0v) is 18.2. The number of anilines is 1. The Kier molecular flexibility index (Phi) is 6.11. The third-order valence-electron chi connectivity index (χ3n) is 4.48. The average molecular weight is 431 g/mol. The molecule has 1 aromatic heterocycles. The Bertz CT molecular complexity index is 1160. The van der Waals surface area contributed by atoms with E-state index >= 15 is 0 Å². The van der Waals surface area contributed by atoms with Gasteiger partial charge in [-0.3, -0.25) is 10.1 Å². The van der Waals surface area contributed by atoms with Crippen LogP contribution in [0.1, 0.15) is 45.6 Å². The van der Waals surface area contributed by atoms with Gasteiger partial charge in [0, 0.05) is 11.6 Å². The van der Waals surface area contributed by atoms with E-state index in [0.717, 1.165) is 33.6 Å². The van der Waals surface area contributed by atoms with Gasteiger partial charge in [-0.1, -0.05) is 53.3 Å². The number of amides is 1. The molecule has 1 unspecified atom stereocenters. The fourth-order valence-electron chi connectivity index (χ4n) is 2.93. The number of aryl methyl sites for hydroxylation is 3. The van der Waals surface area contributed by atoms with E-state index in [1.807, 2.05) is 51.1 Å². The van der Waals surface area contributed by atoms with Gasteiger partial charge in [-0.05, 0) is 50.5 Å². The summed E-state index contributed by atoms with van der Waals surface area (Å²) in [4.78, 5) is 12.4. The molecule has 1 heterocycles. The molecule has 3 aromatic rings. The molecule has 29 heavy (non-hydrogen) atoms. The first-order valence-electron chi connectivity index (χ1n) is 8.97. The number of carbonyl (C=O) groups excluding carboxylic acids is 1. The molecule has 0 saturated heterocycles. The zero-order chi connectivity index (χ0) is 21.2. The van der Waals surface area contributed by atoms with Crippen molar-refractivity contribution >= 4 is 32.4 Å². The van der Waals surface area contributed by atoms with E-state index in [2.05, 4.69) is 20.2 Å². The minimum absolute atomic E-state index is 0.123. The summed E-state index contributed by atoms with van der Waals surface area (Å²) in [6, 6.07) is 12.6. The topological polar surface area (TPSA) is 101 Å². The third-order valence-corrected chi connectivity index (χ3v) is 7.23. The van der Waals surface area contributed by atoms with E-state index in [1.165, 1.54) is 0 Å². The van der Waals surface area contributed by atoms with Gasteiger partial charge in [-0.2, -0.15) is 0 Å². The first kappa shape index (κ1) is 21.1. The summed E-state index contributed by atoms with van der Waals surface area (Å²) in [5.41, 5.74) is 4.24. The Morgan fingerprint density at radius 3 is 2.48 bits per heavy atom. The number of benzene rings is 2. The molecule has 1 amide bonds. The Morgan fingerprint density at radius 1 is 1.03 bits per heavy atom. The van der Waals surface area contributed by atoms with Crippen LogP contribution in [0.15, 0.2) is 46.8 Å². The molecule has 2 N–H and O–H groups in total. The van der Waals surface area contributed by atoms with E-state index in [-0.39, 0.29) is 15.4 Å². The molecule has 9 heteroatoms. The Labute approximate surface area is 174 Å². The van der Waals surface area contributed by atoms with Gasteiger partial charge in [-0.25, -0.2) is 13.1 Å². The SMILES string of the molecule is Cc1ccc(C)c(C(C)NS(=O)(=O)c2nnc(NC(=O)c3ccccc3C)s2)c1. The summed E-state index contributed by atoms with van der Waals surface area (Å²) in [6.45, 7) is 7.49. The molecule has 1 atom stereocenters. The van der Waals surface area contributed by atoms with Gasteiger partial charge in [0.1, 0.15) is 0 Å². The lowest BCUT2D eigenvalue weighted by Crippen LogP contribution is -2.27. The first-order valence-corrected chi connectivity index (χ1v) is 11.3. The highest BCUT2D eigenvalue weighted by Crippen LogP contribution is 2.25. The van der Waals surface area contributed by atoms with Crippen molar-refractivity contribution in [3.8, 4) is 0 Å². The molecule has 0 bridgehead atoms. The number of sulfonamides is 1. The maximum atomic E-state index is 12.7. The highest BCUT2D eigenvalue weighted by molar-refractivity contribution is 7.91. The summed E-state index contributed by atoms with van der Waals surface area (Å²) in [5.74, 6) is -0.361. The molecule has 3 rings (SSSR count). The first-order chi connectivity index (χ1) is 13.7. The average Bonchev–Trinajstić information content (AvgIpc) is 3.13. The van der Waals surface area contributed by atoms with Crippen molar-refractivity contribution in [2.24, 2.45) is 0 Å². The number of rotatable bonds is 6. The van der Waals surface area contributed by atoms with Crippen LogP contribution in [0, 0.1) is 20.8 Å². The van der Waals surface area contributed by atoms with Crippen molar-refractivity contribution < 1.29 is 13.2 Å². The number of nitrogens with one attached hydrogen (secondary N) is 2. The second-order valence-electron chi connectivity index (χ2n) is 6.85. The van der Waals surface area contributed by atoms with Crippen LogP contribution in [0.25, 0.3) is 0 Å². The molecule has 2 aromatic carbocycles. The molecule has 0 spiro atoms. The van der Waals surface area contributed by atoms with Crippen LogP contribution in [0.5, 0.6) is 0 Å². The minimum atomic E-state index is -3.88. The lowest BCUT2D eigenvalue weighted by atomic mass is 10.0. The van der Waals surface area contributed by atoms with Crippen molar-refractivity contribution in [3.05, 3.63) is 70.3 Å². The Hall–Kier alpha value is -2.62. The molecule has 0 aliphatic rings. The van der Waals surface area contributed by atoms with Crippen molar-refractivity contribution in [1.29, 1.82) is 0 Å². The second kappa shape index (κ2) is 8.40. The van der Waals surface area contributed by atoms with Crippen molar-refractivity contribution in [3.63, 3.8) is 0 Å². The highest BCUT2D eigenvalue weighted by atomic mass is 32.2. The van der Waals surface area contributed by atoms with Crippen LogP contribution in [0.4, 0.5) is 5.13 Å². The summed E-state index contributed by atoms with van der Waals surface area (Å²) >= 11 is 0.809. The Balaban J connectivity index is 1.75. The molecule has 0 aliphatic carbocycles. The summed E-state index contributed by atoms with van der Waals surface area (Å²) in [5, 5.41) is 10.3. The number of hydrogen-bond acceptors (Lipinski definition) is 6. The van der Waals surface area contributed by atoms with Gasteiger partial charge in [0.25, 0.3) is 15.9 Å². The summed E-state index contributed by atoms with van der Waals surface area (Å²) < 4.78 is 27.9. The molecule has 0 saturated carbocycles. The lowest BCUT2D eigenvalue weighted by molar-refractivity contribution is 0.102. The zero-order valence-electron chi connectivity index (χ0n) is 16.6. The molecule has 152 valence electrons. The predicted octanol–water partition coefficient (Wildman–Crippen LogP) is 3.76. The number of nitrogens with zero attached hydrogens (tertiary/aromatic N) is 2. The smallest absolute Gasteiger partial charge is 0.270 e. The quantitative estimate of drug-likeness (QED) is 0.580. The fourth-order valence-corrected chi connectivity index (χ4v) is 5.07. The largest absolute Gasteiger partial charge is 0.296 e. The van der Waals surface area contributed by atoms with Crippen LogP contribution in [-0.2, 0) is 10.0 Å². The van der Waals surface area contributed by atoms with E-state index < -0.39 is 16.1 Å². The lowest BCUT2D eigenvalue weighted by Gasteiger charge is -2.16. The van der Waals surface area contributed by atoms with E-state index in [9.17, 15) is 13.2 Å². The summed E-state index contributed by atoms with van der Waals surface area (Å²) in [6.07, 6.45) is 0. The van der Waals surface area contributed by atoms with Gasteiger partial charge < -0.3 is 0 Å². The number of hydrogen-bond donors (Lipinski definition) is 2. The Morgan fingerprint density at radius 2 is 1.76 bits per heavy atom. The third kappa shape index (κ3) is 4.87. The predicted molar refractivity (Wildman–Crippen MR) is 114 cm³/mol. The fraction of sp³-hybridized carbons (Fsp3) is 0.250. The molecule has 0 fully saturated rings. The summed E-state index contributed by atoms with van der Waals surface area (Å²) in [7, 11) is -3.88. The maximum Gasteiger partial charge on any atom is 0.270 e. The van der Waals surface area contributed by atoms with Gasteiger partial charge in [0.2, 0.25) is 9.47 Å². The van der Waals surface area contributed by atoms with Gasteiger partial charge in [-0.15, -0.1) is 10.2 Å². The van der Waals surface area contributed by atoms with E-state index in [0.29, 0.717) is 5.56 Å². The van der Waals surface area contributed by atoms with E-state index in [1.54, 1.807) is 19.1 Å². The van der Waals surface area contributed by atoms with Gasteiger partial charge >= 0.3 is 0 Å². The van der Waals surface area contributed by atoms with Crippen LogP contribution < -0.4 is 10.0 Å². The van der Waals surface area contributed by atoms with Gasteiger partial charge in [0.15, 0.2) is 0 Å². The van der Waals surface area contributed by atoms with Crippen molar-refractivity contribution in [2.45, 2.75) is 38.1 Å². The van der Waals surface area contributed by atoms with Crippen LogP contribution >= 0.6 is 11.3 Å². The van der Waals surface area contributed by atoms with Crippen LogP contribution in [-0.4, -0.2) is 24.5 Å². The molecular formula is C20H22N4O3S2. The van der Waals surface area contributed by atoms with Crippen molar-refractivity contribution in [2.75, 3.05) is 5.32 Å². The standard InChI is InChI=1S/C20H22N4O3S2/c1-12-9-10-14(3)17(11-12)15(4)24-29(26,27)20-23-22-19(28-20)21-18(25)16-8-6-5-7-13(16)2/h5-11,15,24H,1-4H3,(H,21,22,25). The van der Waals surface area contributed by atoms with Crippen LogP contribution in [0.2, 0.25) is 0 Å². The van der Waals surface area contributed by atoms with E-state index in [4.69, 9.17) is 0 Å². The maximum absolute atomic E-state index is 12.7. The number of carbonyl (C=O) groups is 1. The molecular weight excluding hydrogens is 408 g/mol. The monoisotopic (exact) mass is 430 g/mol. The van der Waals surface area contributed by atoms with Crippen LogP contribution in [0.3, 0.4) is 0 Å². The molecule has 0 radical (unpaired) electrons. The highest BCUT2D eigenvalue weighted by Gasteiger charge is 2.24. The van der Waals surface area contributed by atoms with Gasteiger partial charge in [0.05, 0.1) is 0 Å². The molecule has 0 aliphatic heterocycles. The number of aromatic nitrogens is 2. The van der Waals surface area contributed by atoms with Crippen molar-refractivity contribution in [1.82, 2.24) is 14.9 Å².